The normalized spacial score (nSPS) is 16.9. The lowest BCUT2D eigenvalue weighted by Crippen LogP contribution is -2.45. The fourth-order valence-corrected chi connectivity index (χ4v) is 4.85. The zero-order valence-electron chi connectivity index (χ0n) is 23.2. The summed E-state index contributed by atoms with van der Waals surface area (Å²) in [5.74, 6) is -1.93. The Morgan fingerprint density at radius 3 is 2.45 bits per heavy atom. The number of nitriles is 1. The molecular weight excluding hydrogens is 549 g/mol. The summed E-state index contributed by atoms with van der Waals surface area (Å²) < 4.78 is 39.9. The van der Waals surface area contributed by atoms with Crippen molar-refractivity contribution in [1.82, 2.24) is 19.9 Å². The average Bonchev–Trinajstić information content (AvgIpc) is 3.34. The zero-order valence-corrected chi connectivity index (χ0v) is 23.2. The molecule has 9 nitrogen and oxygen atoms in total. The predicted molar refractivity (Wildman–Crippen MR) is 152 cm³/mol. The molecule has 220 valence electrons. The predicted octanol–water partition coefficient (Wildman–Crippen LogP) is 5.01. The second kappa shape index (κ2) is 13.5. The quantitative estimate of drug-likeness (QED) is 0.293. The number of fused-ring (bicyclic) bond motifs is 1. The molecule has 1 aliphatic rings. The summed E-state index contributed by atoms with van der Waals surface area (Å²) in [6.07, 6.45) is -1.39. The molecule has 2 aromatic heterocycles. The molecule has 0 radical (unpaired) electrons. The molecule has 0 saturated carbocycles. The summed E-state index contributed by atoms with van der Waals surface area (Å²) in [5, 5.41) is 20.1. The van der Waals surface area contributed by atoms with E-state index in [1.807, 2.05) is 12.1 Å². The number of anilines is 1. The first-order valence-electron chi connectivity index (χ1n) is 13.4. The number of ether oxygens (including phenoxy) is 1. The second-order valence-corrected chi connectivity index (χ2v) is 9.93. The molecule has 4 aromatic rings. The van der Waals surface area contributed by atoms with Crippen LogP contribution in [0, 0.1) is 11.3 Å². The third kappa shape index (κ3) is 7.63. The highest BCUT2D eigenvalue weighted by Crippen LogP contribution is 2.32. The molecule has 3 heterocycles. The van der Waals surface area contributed by atoms with Crippen LogP contribution in [0.15, 0.2) is 67.0 Å². The van der Waals surface area contributed by atoms with Gasteiger partial charge in [-0.1, -0.05) is 36.4 Å². The number of nitrogens with one attached hydrogen (secondary N) is 1. The molecule has 12 heteroatoms. The Kier molecular flexibility index (Phi) is 9.77. The fourth-order valence-electron chi connectivity index (χ4n) is 4.85. The summed E-state index contributed by atoms with van der Waals surface area (Å²) in [7, 11) is 0. The minimum Gasteiger partial charge on any atom is -0.475 e. The molecule has 2 aromatic carbocycles. The van der Waals surface area contributed by atoms with Crippen LogP contribution < -0.4 is 10.2 Å². The third-order valence-electron chi connectivity index (χ3n) is 6.57. The number of carboxylic acids is 1. The zero-order chi connectivity index (χ0) is 30.3. The Balaban J connectivity index is 0.000000517. The van der Waals surface area contributed by atoms with Crippen molar-refractivity contribution in [3.05, 3.63) is 78.1 Å². The van der Waals surface area contributed by atoms with Crippen LogP contribution in [0.5, 0.6) is 0 Å². The van der Waals surface area contributed by atoms with E-state index in [9.17, 15) is 18.4 Å². The van der Waals surface area contributed by atoms with Gasteiger partial charge in [0.15, 0.2) is 0 Å². The minimum atomic E-state index is -5.08. The summed E-state index contributed by atoms with van der Waals surface area (Å²) >= 11 is 0. The first kappa shape index (κ1) is 30.5. The molecule has 2 atom stereocenters. The Morgan fingerprint density at radius 1 is 1.12 bits per heavy atom. The smallest absolute Gasteiger partial charge is 0.475 e. The van der Waals surface area contributed by atoms with Gasteiger partial charge in [0.25, 0.3) is 0 Å². The molecule has 1 aliphatic heterocycles. The number of para-hydroxylation sites is 1. The number of morpholine rings is 1. The van der Waals surface area contributed by atoms with E-state index in [0.717, 1.165) is 60.8 Å². The Labute approximate surface area is 241 Å². The number of hydrogen-bond donors (Lipinski definition) is 2. The first-order valence-corrected chi connectivity index (χ1v) is 13.4. The fraction of sp³-hybridized carbons (Fsp3) is 0.333. The highest BCUT2D eigenvalue weighted by molar-refractivity contribution is 5.92. The Bertz CT molecular complexity index is 1540. The van der Waals surface area contributed by atoms with Gasteiger partial charge >= 0.3 is 12.1 Å². The lowest BCUT2D eigenvalue weighted by atomic mass is 10.1. The van der Waals surface area contributed by atoms with Crippen LogP contribution in [-0.2, 0) is 22.6 Å². The van der Waals surface area contributed by atoms with Gasteiger partial charge in [-0.25, -0.2) is 9.78 Å². The van der Waals surface area contributed by atoms with E-state index < -0.39 is 12.1 Å². The summed E-state index contributed by atoms with van der Waals surface area (Å²) in [5.41, 5.74) is 5.79. The van der Waals surface area contributed by atoms with Crippen LogP contribution in [0.1, 0.15) is 25.0 Å². The van der Waals surface area contributed by atoms with E-state index in [1.54, 1.807) is 12.4 Å². The number of alkyl halides is 3. The number of benzene rings is 2. The maximum absolute atomic E-state index is 10.6. The minimum absolute atomic E-state index is 0.161. The summed E-state index contributed by atoms with van der Waals surface area (Å²) in [6.45, 7) is 8.23. The molecule has 42 heavy (non-hydrogen) atoms. The molecule has 0 aliphatic carbocycles. The van der Waals surface area contributed by atoms with Gasteiger partial charge in [-0.3, -0.25) is 4.98 Å². The summed E-state index contributed by atoms with van der Waals surface area (Å²) in [4.78, 5) is 20.7. The topological polar surface area (TPSA) is 116 Å². The van der Waals surface area contributed by atoms with Gasteiger partial charge in [0.2, 0.25) is 0 Å². The van der Waals surface area contributed by atoms with Crippen molar-refractivity contribution < 1.29 is 27.8 Å². The van der Waals surface area contributed by atoms with Crippen molar-refractivity contribution in [2.45, 2.75) is 45.3 Å². The average molecular weight is 581 g/mol. The molecule has 0 bridgehead atoms. The number of carboxylic acid groups (broad SMARTS) is 1. The van der Waals surface area contributed by atoms with Gasteiger partial charge in [-0.05, 0) is 37.6 Å². The maximum Gasteiger partial charge on any atom is 0.490 e. The van der Waals surface area contributed by atoms with Gasteiger partial charge < -0.3 is 24.6 Å². The Hall–Kier alpha value is -4.47. The van der Waals surface area contributed by atoms with Gasteiger partial charge in [-0.15, -0.1) is 0 Å². The molecule has 1 saturated heterocycles. The molecule has 5 rings (SSSR count). The van der Waals surface area contributed by atoms with Crippen molar-refractivity contribution >= 4 is 22.7 Å². The molecule has 2 N–H and O–H groups in total. The number of carbonyl (C=O) groups is 1. The van der Waals surface area contributed by atoms with Gasteiger partial charge in [0, 0.05) is 50.7 Å². The van der Waals surface area contributed by atoms with Crippen molar-refractivity contribution in [3.63, 3.8) is 0 Å². The van der Waals surface area contributed by atoms with Gasteiger partial charge in [-0.2, -0.15) is 18.4 Å². The lowest BCUT2D eigenvalue weighted by Gasteiger charge is -2.36. The maximum atomic E-state index is 10.6. The van der Waals surface area contributed by atoms with E-state index in [1.165, 1.54) is 5.56 Å². The van der Waals surface area contributed by atoms with E-state index in [-0.39, 0.29) is 12.2 Å². The van der Waals surface area contributed by atoms with Gasteiger partial charge in [0.1, 0.15) is 17.4 Å². The van der Waals surface area contributed by atoms with Crippen molar-refractivity contribution in [3.8, 4) is 17.5 Å². The van der Waals surface area contributed by atoms with Crippen molar-refractivity contribution in [1.29, 1.82) is 5.26 Å². The highest BCUT2D eigenvalue weighted by atomic mass is 19.4. The van der Waals surface area contributed by atoms with Crippen LogP contribution in [0.25, 0.3) is 22.4 Å². The van der Waals surface area contributed by atoms with Crippen LogP contribution >= 0.6 is 0 Å². The number of halogens is 3. The first-order chi connectivity index (χ1) is 20.1. The van der Waals surface area contributed by atoms with Gasteiger partial charge in [0.05, 0.1) is 29.0 Å². The number of aliphatic carboxylic acids is 1. The number of rotatable bonds is 7. The number of hydrogen-bond acceptors (Lipinski definition) is 7. The Morgan fingerprint density at radius 2 is 1.81 bits per heavy atom. The number of nitrogens with zero attached hydrogens (tertiary/aromatic N) is 5. The van der Waals surface area contributed by atoms with Crippen molar-refractivity contribution in [2.75, 3.05) is 24.5 Å². The molecular formula is C30H31F3N6O3. The number of imidazole rings is 1. The van der Waals surface area contributed by atoms with Crippen LogP contribution in [0.2, 0.25) is 0 Å². The highest BCUT2D eigenvalue weighted by Gasteiger charge is 2.38. The van der Waals surface area contributed by atoms with Crippen molar-refractivity contribution in [2.24, 2.45) is 0 Å². The standard InChI is InChI=1S/C28H30N6O.C2HF3O2/c1-20-18-33(19-21(2)35-20)25-9-6-10-26-27(25)32-28(24-13-23(14-29)16-31-17-24)34(26)12-11-30-15-22-7-4-3-5-8-22;3-2(4,5)1(6)7/h3-10,13,16-17,20-21,30H,11-12,15,18-19H2,1-2H3;(H,6,7). The second-order valence-electron chi connectivity index (χ2n) is 9.93. The van der Waals surface area contributed by atoms with E-state index in [0.29, 0.717) is 5.56 Å². The van der Waals surface area contributed by atoms with E-state index in [4.69, 9.17) is 19.6 Å². The SMILES string of the molecule is CC1CN(c2cccc3c2nc(-c2cncc(C#N)c2)n3CCNCc2ccccc2)CC(C)O1.O=C(O)C(F)(F)F. The van der Waals surface area contributed by atoms with E-state index in [2.05, 4.69) is 82.1 Å². The lowest BCUT2D eigenvalue weighted by molar-refractivity contribution is -0.192. The summed E-state index contributed by atoms with van der Waals surface area (Å²) in [6, 6.07) is 20.8. The number of aromatic nitrogens is 3. The largest absolute Gasteiger partial charge is 0.490 e. The molecule has 2 unspecified atom stereocenters. The van der Waals surface area contributed by atoms with Crippen LogP contribution in [-0.4, -0.2) is 63.6 Å². The monoisotopic (exact) mass is 580 g/mol. The molecule has 1 fully saturated rings. The van der Waals surface area contributed by atoms with E-state index >= 15 is 0 Å². The number of pyridine rings is 1. The third-order valence-corrected chi connectivity index (χ3v) is 6.57. The van der Waals surface area contributed by atoms with Crippen LogP contribution in [0.4, 0.5) is 18.9 Å². The van der Waals surface area contributed by atoms with Crippen LogP contribution in [0.3, 0.4) is 0 Å². The molecule has 0 amide bonds. The molecule has 0 spiro atoms.